The fourth-order valence-electron chi connectivity index (χ4n) is 14.3. The number of para-hydroxylation sites is 2. The van der Waals surface area contributed by atoms with Gasteiger partial charge >= 0.3 is 0 Å². The van der Waals surface area contributed by atoms with E-state index in [0.717, 1.165) is 50.8 Å². The van der Waals surface area contributed by atoms with Crippen molar-refractivity contribution < 1.29 is 0 Å². The molecule has 79 heavy (non-hydrogen) atoms. The van der Waals surface area contributed by atoms with Gasteiger partial charge in [0.1, 0.15) is 0 Å². The first kappa shape index (κ1) is 42.8. The largest absolute Gasteiger partial charge is 0.311 e. The molecule has 0 radical (unpaired) electrons. The number of anilines is 6. The number of hydrogen-bond donors (Lipinski definition) is 0. The summed E-state index contributed by atoms with van der Waals surface area (Å²) < 4.78 is 0. The minimum absolute atomic E-state index is 0.185. The third kappa shape index (κ3) is 5.93. The van der Waals surface area contributed by atoms with Crippen LogP contribution in [-0.2, 0) is 0 Å². The number of fused-ring (bicyclic) bond motifs is 10. The number of nitrogens with zero attached hydrogens (tertiary/aromatic N) is 4. The molecule has 0 fully saturated rings. The van der Waals surface area contributed by atoms with Crippen LogP contribution in [0.15, 0.2) is 261 Å². The number of hydrogen-bond acceptors (Lipinski definition) is 4. The second kappa shape index (κ2) is 16.1. The average Bonchev–Trinajstić information content (AvgIpc) is 3.69. The third-order valence-electron chi connectivity index (χ3n) is 17.4. The molecular formula is C74H43BN4. The highest BCUT2D eigenvalue weighted by atomic mass is 15.2. The standard InChI is InChI=1S/C74H43BN4/c1-5-19-44(20-6-1)63-43-64(77-74(76-63)47-21-7-2-8-22-47)48-39-65-71-66(40-48)79(50-29-11-4-12-30-50)73-58-38-18-36-54-52-32-14-24-46-26-16-34-56(68(46)52)60(70(54)58)42-62(73)75(71)61-41-59-55-33-15-25-45-23-13-31-51(67(45)55)53-35-17-37-57(69(53)59)72(61)78(65)49-27-9-3-10-28-49/h1-43H. The summed E-state index contributed by atoms with van der Waals surface area (Å²) in [4.78, 5) is 16.0. The summed E-state index contributed by atoms with van der Waals surface area (Å²) >= 11 is 0. The lowest BCUT2D eigenvalue weighted by atomic mass is 9.33. The molecule has 0 spiro atoms. The summed E-state index contributed by atoms with van der Waals surface area (Å²) in [5, 5.41) is 20.4. The molecule has 1 aromatic heterocycles. The van der Waals surface area contributed by atoms with E-state index < -0.39 is 0 Å². The van der Waals surface area contributed by atoms with Crippen LogP contribution in [0.5, 0.6) is 0 Å². The normalized spacial score (nSPS) is 13.0. The van der Waals surface area contributed by atoms with Crippen LogP contribution in [0.3, 0.4) is 0 Å². The van der Waals surface area contributed by atoms with Gasteiger partial charge in [0.2, 0.25) is 0 Å². The van der Waals surface area contributed by atoms with E-state index in [4.69, 9.17) is 9.97 Å². The Kier molecular flexibility index (Phi) is 8.72. The van der Waals surface area contributed by atoms with Gasteiger partial charge in [0, 0.05) is 61.6 Å². The highest BCUT2D eigenvalue weighted by Gasteiger charge is 2.46. The van der Waals surface area contributed by atoms with Gasteiger partial charge in [-0.1, -0.05) is 218 Å². The molecule has 16 aromatic rings. The van der Waals surface area contributed by atoms with Crippen molar-refractivity contribution >= 4 is 143 Å². The maximum atomic E-state index is 5.56. The number of rotatable bonds is 5. The smallest absolute Gasteiger partial charge is 0.252 e. The predicted molar refractivity (Wildman–Crippen MR) is 335 cm³/mol. The molecular weight excluding hydrogens is 956 g/mol. The van der Waals surface area contributed by atoms with Crippen LogP contribution >= 0.6 is 0 Å². The predicted octanol–water partition coefficient (Wildman–Crippen LogP) is 17.7. The molecule has 0 saturated heterocycles. The van der Waals surface area contributed by atoms with Crippen LogP contribution < -0.4 is 26.2 Å². The van der Waals surface area contributed by atoms with Crippen molar-refractivity contribution in [1.29, 1.82) is 0 Å². The van der Waals surface area contributed by atoms with E-state index in [1.807, 2.05) is 0 Å². The van der Waals surface area contributed by atoms with Gasteiger partial charge in [0.25, 0.3) is 6.71 Å². The lowest BCUT2D eigenvalue weighted by molar-refractivity contribution is 1.18. The topological polar surface area (TPSA) is 32.3 Å². The van der Waals surface area contributed by atoms with Gasteiger partial charge in [-0.05, 0) is 134 Å². The van der Waals surface area contributed by atoms with Crippen LogP contribution in [-0.4, -0.2) is 16.7 Å². The molecule has 0 aliphatic carbocycles. The maximum Gasteiger partial charge on any atom is 0.252 e. The minimum Gasteiger partial charge on any atom is -0.311 e. The van der Waals surface area contributed by atoms with E-state index in [1.165, 1.54) is 114 Å². The third-order valence-corrected chi connectivity index (χ3v) is 17.4. The first-order valence-electron chi connectivity index (χ1n) is 27.3. The van der Waals surface area contributed by atoms with E-state index in [9.17, 15) is 0 Å². The zero-order chi connectivity index (χ0) is 51.4. The molecule has 0 amide bonds. The van der Waals surface area contributed by atoms with Crippen LogP contribution in [0.25, 0.3) is 120 Å². The minimum atomic E-state index is -0.185. The van der Waals surface area contributed by atoms with Crippen molar-refractivity contribution in [2.24, 2.45) is 0 Å². The van der Waals surface area contributed by atoms with E-state index >= 15 is 0 Å². The SMILES string of the molecule is c1ccc(-c2cc(-c3cc4c5c(c3)N(c3ccccc3)c3c(cc6c7cccc8cccc(c9cccc3c96)c87)B5c3cc5c6cccc7cccc(c8cccc(c3N4c3ccccc3)c85)c76)nc(-c3ccccc3)n2)cc1. The molecule has 2 aliphatic rings. The van der Waals surface area contributed by atoms with E-state index in [-0.39, 0.29) is 6.71 Å². The molecule has 0 bridgehead atoms. The molecule has 0 atom stereocenters. The average molecular weight is 999 g/mol. The Balaban J connectivity index is 1.05. The van der Waals surface area contributed by atoms with E-state index in [2.05, 4.69) is 271 Å². The summed E-state index contributed by atoms with van der Waals surface area (Å²) in [5.74, 6) is 0.684. The molecule has 0 N–H and O–H groups in total. The molecule has 5 heteroatoms. The van der Waals surface area contributed by atoms with Gasteiger partial charge in [-0.2, -0.15) is 0 Å². The lowest BCUT2D eigenvalue weighted by Crippen LogP contribution is -2.61. The van der Waals surface area contributed by atoms with Crippen LogP contribution in [0.1, 0.15) is 0 Å². The van der Waals surface area contributed by atoms with Crippen molar-refractivity contribution in [3.8, 4) is 33.9 Å². The molecule has 362 valence electrons. The van der Waals surface area contributed by atoms with Gasteiger partial charge in [-0.25, -0.2) is 9.97 Å². The molecule has 15 aromatic carbocycles. The Labute approximate surface area is 455 Å². The molecule has 18 rings (SSSR count). The Bertz CT molecular complexity index is 4870. The fourth-order valence-corrected chi connectivity index (χ4v) is 14.3. The summed E-state index contributed by atoms with van der Waals surface area (Å²) in [7, 11) is 0. The zero-order valence-corrected chi connectivity index (χ0v) is 42.7. The van der Waals surface area contributed by atoms with Crippen LogP contribution in [0.2, 0.25) is 0 Å². The van der Waals surface area contributed by atoms with Gasteiger partial charge in [-0.3, -0.25) is 0 Å². The van der Waals surface area contributed by atoms with Gasteiger partial charge in [-0.15, -0.1) is 0 Å². The molecule has 0 unspecified atom stereocenters. The monoisotopic (exact) mass is 998 g/mol. The molecule has 2 aliphatic heterocycles. The van der Waals surface area contributed by atoms with Gasteiger partial charge in [0.15, 0.2) is 5.82 Å². The zero-order valence-electron chi connectivity index (χ0n) is 42.7. The number of aromatic nitrogens is 2. The summed E-state index contributed by atoms with van der Waals surface area (Å²) in [5.41, 5.74) is 15.4. The molecule has 4 nitrogen and oxygen atoms in total. The molecule has 3 heterocycles. The quantitative estimate of drug-likeness (QED) is 0.0977. The first-order chi connectivity index (χ1) is 39.2. The summed E-state index contributed by atoms with van der Waals surface area (Å²) in [6.07, 6.45) is 0. The second-order valence-corrected chi connectivity index (χ2v) is 21.5. The lowest BCUT2D eigenvalue weighted by Gasteiger charge is -2.45. The second-order valence-electron chi connectivity index (χ2n) is 21.5. The Morgan fingerprint density at radius 3 is 1.10 bits per heavy atom. The fraction of sp³-hybridized carbons (Fsp3) is 0. The van der Waals surface area contributed by atoms with Crippen molar-refractivity contribution in [1.82, 2.24) is 9.97 Å². The van der Waals surface area contributed by atoms with E-state index in [0.29, 0.717) is 5.82 Å². The summed E-state index contributed by atoms with van der Waals surface area (Å²) in [6, 6.07) is 96.7. The van der Waals surface area contributed by atoms with Gasteiger partial charge in [0.05, 0.1) is 11.4 Å². The number of benzene rings is 15. The van der Waals surface area contributed by atoms with Crippen molar-refractivity contribution in [3.63, 3.8) is 0 Å². The Morgan fingerprint density at radius 1 is 0.278 bits per heavy atom. The van der Waals surface area contributed by atoms with Gasteiger partial charge < -0.3 is 9.80 Å². The van der Waals surface area contributed by atoms with E-state index in [1.54, 1.807) is 0 Å². The highest BCUT2D eigenvalue weighted by Crippen LogP contribution is 2.53. The molecule has 0 saturated carbocycles. The highest BCUT2D eigenvalue weighted by molar-refractivity contribution is 7.01. The van der Waals surface area contributed by atoms with Crippen molar-refractivity contribution in [3.05, 3.63) is 261 Å². The summed E-state index contributed by atoms with van der Waals surface area (Å²) in [6.45, 7) is -0.185. The first-order valence-corrected chi connectivity index (χ1v) is 27.3. The Hall–Kier alpha value is -10.4. The van der Waals surface area contributed by atoms with Crippen molar-refractivity contribution in [2.75, 3.05) is 9.80 Å². The van der Waals surface area contributed by atoms with Crippen LogP contribution in [0, 0.1) is 0 Å². The van der Waals surface area contributed by atoms with Crippen molar-refractivity contribution in [2.45, 2.75) is 0 Å². The Morgan fingerprint density at radius 2 is 0.646 bits per heavy atom. The maximum absolute atomic E-state index is 5.56. The van der Waals surface area contributed by atoms with Crippen LogP contribution in [0.4, 0.5) is 34.1 Å².